The molecular weight excluding hydrogens is 891 g/mol. The molecule has 0 aliphatic heterocycles. The van der Waals surface area contributed by atoms with E-state index in [4.69, 9.17) is 0 Å². The molecule has 4 aromatic carbocycles. The minimum atomic E-state index is -3.12. The van der Waals surface area contributed by atoms with Crippen molar-refractivity contribution in [2.45, 2.75) is 146 Å². The molecule has 0 N–H and O–H groups in total. The van der Waals surface area contributed by atoms with Crippen molar-refractivity contribution in [1.29, 1.82) is 0 Å². The Labute approximate surface area is 386 Å². The molecule has 0 radical (unpaired) electrons. The third-order valence-corrected chi connectivity index (χ3v) is 31.0. The van der Waals surface area contributed by atoms with E-state index in [1.807, 2.05) is 15.6 Å². The van der Waals surface area contributed by atoms with Crippen LogP contribution in [0.15, 0.2) is 54.6 Å². The summed E-state index contributed by atoms with van der Waals surface area (Å²) in [6.07, 6.45) is 0. The van der Waals surface area contributed by atoms with Crippen LogP contribution in [-0.4, -0.2) is 56.5 Å². The number of rotatable bonds is 10. The molecule has 0 aromatic heterocycles. The molecule has 0 saturated heterocycles. The van der Waals surface area contributed by atoms with Gasteiger partial charge in [0.05, 0.1) is 48.4 Å². The fraction of sp³-hybridized carbons (Fsp3) is 0.489. The molecule has 0 aliphatic carbocycles. The van der Waals surface area contributed by atoms with Gasteiger partial charge in [0.2, 0.25) is 0 Å². The van der Waals surface area contributed by atoms with Gasteiger partial charge in [-0.05, 0) is 0 Å². The van der Waals surface area contributed by atoms with Crippen LogP contribution in [0.5, 0.6) is 0 Å². The minimum Gasteiger partial charge on any atom is -1.00 e. The van der Waals surface area contributed by atoms with E-state index in [1.165, 1.54) is 11.1 Å². The standard InChI is InChI=1S/C45H75Si7.3ClH.Ti/c1-32-33(2)35(4)42(34(32)3)52(43-36(46(5,6)7)26-23-27-37(43)47(8,9)10,44-38(48(11,12)13)28-24-29-39(44)49(14,15)16)45-40(50(17,18)19)30-25-31-41(45)51(20,21)22;;;;/h23-31H,1-22H3;3*1H;/q-1;;;;+4/p-3. The average Bonchev–Trinajstić information content (AvgIpc) is 3.17. The molecule has 4 aromatic rings. The predicted octanol–water partition coefficient (Wildman–Crippen LogP) is -1.70. The summed E-state index contributed by atoms with van der Waals surface area (Å²) in [5.74, 6) is 0. The summed E-state index contributed by atoms with van der Waals surface area (Å²) in [5.41, 5.74) is 6.19. The van der Waals surface area contributed by atoms with Crippen LogP contribution < -0.4 is 89.1 Å². The van der Waals surface area contributed by atoms with Crippen molar-refractivity contribution >= 4 is 108 Å². The van der Waals surface area contributed by atoms with Crippen LogP contribution in [0.4, 0.5) is 0 Å². The molecule has 0 nitrogen and oxygen atoms in total. The maximum atomic E-state index is 2.65. The van der Waals surface area contributed by atoms with E-state index in [2.05, 4.69) is 200 Å². The Bertz CT molecular complexity index is 1690. The van der Waals surface area contributed by atoms with Gasteiger partial charge in [-0.2, -0.15) is 22.3 Å². The second-order valence-electron chi connectivity index (χ2n) is 22.3. The Morgan fingerprint density at radius 2 is 0.482 bits per heavy atom. The van der Waals surface area contributed by atoms with Crippen LogP contribution in [-0.2, 0) is 21.7 Å². The van der Waals surface area contributed by atoms with Crippen LogP contribution in [0.3, 0.4) is 0 Å². The van der Waals surface area contributed by atoms with Crippen LogP contribution in [0.2, 0.25) is 118 Å². The number of benzene rings is 3. The monoisotopic (exact) mass is 964 g/mol. The van der Waals surface area contributed by atoms with Crippen molar-refractivity contribution in [2.24, 2.45) is 0 Å². The Kier molecular flexibility index (Phi) is 18.7. The Morgan fingerprint density at radius 3 is 0.625 bits per heavy atom. The summed E-state index contributed by atoms with van der Waals surface area (Å²) in [7, 11) is -14.5. The van der Waals surface area contributed by atoms with Gasteiger partial charge in [0.15, 0.2) is 0 Å². The number of halogens is 3. The molecule has 0 aliphatic rings. The summed E-state index contributed by atoms with van der Waals surface area (Å²) in [5, 5.41) is 17.6. The topological polar surface area (TPSA) is 0 Å². The van der Waals surface area contributed by atoms with Gasteiger partial charge in [-0.25, -0.2) is 0 Å². The second kappa shape index (κ2) is 18.6. The largest absolute Gasteiger partial charge is 4.00 e. The van der Waals surface area contributed by atoms with Gasteiger partial charge in [-0.3, -0.25) is 0 Å². The fourth-order valence-electron chi connectivity index (χ4n) is 9.15. The predicted molar refractivity (Wildman–Crippen MR) is 262 cm³/mol. The fourth-order valence-corrected chi connectivity index (χ4v) is 34.5. The van der Waals surface area contributed by atoms with Crippen molar-refractivity contribution in [3.8, 4) is 0 Å². The van der Waals surface area contributed by atoms with Crippen LogP contribution >= 0.6 is 0 Å². The Balaban J connectivity index is 0.00000756. The summed E-state index contributed by atoms with van der Waals surface area (Å²) in [6, 6.07) is 23.2. The first-order chi connectivity index (χ1) is 23.3. The van der Waals surface area contributed by atoms with Gasteiger partial charge < -0.3 is 37.2 Å². The molecular formula is C45H75Cl3Si7Ti. The first-order valence-corrected chi connectivity index (χ1v) is 43.0. The van der Waals surface area contributed by atoms with Crippen molar-refractivity contribution < 1.29 is 58.9 Å². The van der Waals surface area contributed by atoms with Gasteiger partial charge in [-0.15, -0.1) is 5.19 Å². The second-order valence-corrected chi connectivity index (χ2v) is 56.0. The minimum absolute atomic E-state index is 0. The molecule has 0 fully saturated rings. The molecule has 0 unspecified atom stereocenters. The molecule has 0 amide bonds. The van der Waals surface area contributed by atoms with Crippen LogP contribution in [0.1, 0.15) is 22.3 Å². The van der Waals surface area contributed by atoms with E-state index in [-0.39, 0.29) is 58.9 Å². The van der Waals surface area contributed by atoms with Crippen molar-refractivity contribution in [3.05, 3.63) is 76.9 Å². The number of hydrogen-bond acceptors (Lipinski definition) is 0. The summed E-state index contributed by atoms with van der Waals surface area (Å²) in [4.78, 5) is 0. The van der Waals surface area contributed by atoms with Crippen LogP contribution in [0, 0.1) is 27.7 Å². The van der Waals surface area contributed by atoms with E-state index >= 15 is 0 Å². The summed E-state index contributed by atoms with van der Waals surface area (Å²) >= 11 is 0. The van der Waals surface area contributed by atoms with Crippen molar-refractivity contribution in [2.75, 3.05) is 0 Å². The molecule has 0 atom stereocenters. The zero-order valence-corrected chi connectivity index (χ0v) is 50.2. The Morgan fingerprint density at radius 1 is 0.321 bits per heavy atom. The van der Waals surface area contributed by atoms with E-state index in [0.717, 1.165) is 0 Å². The average molecular weight is 967 g/mol. The maximum absolute atomic E-state index is 3.12. The van der Waals surface area contributed by atoms with Gasteiger partial charge in [0.1, 0.15) is 8.07 Å². The van der Waals surface area contributed by atoms with Crippen molar-refractivity contribution in [3.63, 3.8) is 0 Å². The SMILES string of the molecule is Cc1c(C)c(C)[c-]([Si](c2c([Si](C)(C)C)cccc2[Si](C)(C)C)(c2c([Si](C)(C)C)cccc2[Si](C)(C)C)c2c([Si](C)(C)C)cccc2[Si](C)(C)C)c1C.[Cl-].[Cl-].[Cl-].[Ti+4]. The zero-order chi connectivity index (χ0) is 39.9. The van der Waals surface area contributed by atoms with Crippen LogP contribution in [0.25, 0.3) is 0 Å². The zero-order valence-electron chi connectivity index (χ0n) is 39.3. The smallest absolute Gasteiger partial charge is 1.00 e. The van der Waals surface area contributed by atoms with E-state index in [1.54, 1.807) is 47.4 Å². The first kappa shape index (κ1) is 56.1. The first-order valence-electron chi connectivity index (χ1n) is 20.0. The molecule has 0 heterocycles. The van der Waals surface area contributed by atoms with Gasteiger partial charge >= 0.3 is 21.7 Å². The van der Waals surface area contributed by atoms with Gasteiger partial charge in [0, 0.05) is 0 Å². The Hall–Kier alpha value is 0.112. The third-order valence-electron chi connectivity index (χ3n) is 12.0. The maximum Gasteiger partial charge on any atom is 4.00 e. The molecule has 56 heavy (non-hydrogen) atoms. The van der Waals surface area contributed by atoms with Gasteiger partial charge in [-0.1, -0.05) is 247 Å². The van der Waals surface area contributed by atoms with Gasteiger partial charge in [0.25, 0.3) is 0 Å². The quantitative estimate of drug-likeness (QED) is 0.101. The van der Waals surface area contributed by atoms with Crippen molar-refractivity contribution in [1.82, 2.24) is 0 Å². The molecule has 0 bridgehead atoms. The van der Waals surface area contributed by atoms with E-state index < -0.39 is 56.5 Å². The molecule has 0 saturated carbocycles. The molecule has 0 spiro atoms. The summed E-state index contributed by atoms with van der Waals surface area (Å²) < 4.78 is 0. The summed E-state index contributed by atoms with van der Waals surface area (Å²) in [6.45, 7) is 57.6. The van der Waals surface area contributed by atoms with E-state index in [9.17, 15) is 0 Å². The molecule has 11 heteroatoms. The molecule has 4 rings (SSSR count). The number of hydrogen-bond donors (Lipinski definition) is 0. The normalized spacial score (nSPS) is 13.0. The third kappa shape index (κ3) is 10.2. The van der Waals surface area contributed by atoms with E-state index in [0.29, 0.717) is 0 Å². The molecule has 308 valence electrons.